The normalized spacial score (nSPS) is 16.4. The highest BCUT2D eigenvalue weighted by atomic mass is 35.5. The predicted octanol–water partition coefficient (Wildman–Crippen LogP) is 1.38. The number of nitrogens with zero attached hydrogens (tertiary/aromatic N) is 2. The van der Waals surface area contributed by atoms with Crippen LogP contribution in [0.15, 0.2) is 12.1 Å². The SMILES string of the molecule is Clc1ccc(CNC2CC2)nn1. The first-order chi connectivity index (χ1) is 5.84. The molecule has 2 rings (SSSR count). The molecule has 0 amide bonds. The lowest BCUT2D eigenvalue weighted by atomic mass is 10.4. The standard InChI is InChI=1S/C8H10ClN3/c9-8-4-3-7(11-12-8)5-10-6-1-2-6/h3-4,6,10H,1-2,5H2. The van der Waals surface area contributed by atoms with Crippen molar-refractivity contribution in [2.75, 3.05) is 0 Å². The summed E-state index contributed by atoms with van der Waals surface area (Å²) in [6.07, 6.45) is 2.59. The summed E-state index contributed by atoms with van der Waals surface area (Å²) in [4.78, 5) is 0. The maximum absolute atomic E-state index is 5.59. The van der Waals surface area contributed by atoms with E-state index < -0.39 is 0 Å². The summed E-state index contributed by atoms with van der Waals surface area (Å²) in [5.74, 6) is 0. The van der Waals surface area contributed by atoms with Crippen LogP contribution in [-0.4, -0.2) is 16.2 Å². The van der Waals surface area contributed by atoms with Crippen molar-refractivity contribution in [1.82, 2.24) is 15.5 Å². The summed E-state index contributed by atoms with van der Waals surface area (Å²) in [7, 11) is 0. The van der Waals surface area contributed by atoms with E-state index in [1.54, 1.807) is 6.07 Å². The Hall–Kier alpha value is -0.670. The Labute approximate surface area is 76.1 Å². The average molecular weight is 184 g/mol. The van der Waals surface area contributed by atoms with Gasteiger partial charge in [-0.1, -0.05) is 11.6 Å². The van der Waals surface area contributed by atoms with Crippen molar-refractivity contribution in [2.45, 2.75) is 25.4 Å². The third-order valence-corrected chi connectivity index (χ3v) is 2.04. The minimum absolute atomic E-state index is 0.449. The number of hydrogen-bond acceptors (Lipinski definition) is 3. The molecule has 1 N–H and O–H groups in total. The van der Waals surface area contributed by atoms with Gasteiger partial charge in [0.15, 0.2) is 5.15 Å². The third kappa shape index (κ3) is 2.16. The van der Waals surface area contributed by atoms with Crippen molar-refractivity contribution in [3.8, 4) is 0 Å². The molecule has 3 nitrogen and oxygen atoms in total. The first-order valence-corrected chi connectivity index (χ1v) is 4.44. The van der Waals surface area contributed by atoms with Crippen molar-refractivity contribution >= 4 is 11.6 Å². The Morgan fingerprint density at radius 2 is 2.25 bits per heavy atom. The van der Waals surface area contributed by atoms with Gasteiger partial charge in [0.1, 0.15) is 0 Å². The van der Waals surface area contributed by atoms with Crippen LogP contribution in [0.25, 0.3) is 0 Å². The topological polar surface area (TPSA) is 37.8 Å². The predicted molar refractivity (Wildman–Crippen MR) is 46.9 cm³/mol. The fourth-order valence-electron chi connectivity index (χ4n) is 0.974. The molecule has 0 aliphatic heterocycles. The van der Waals surface area contributed by atoms with E-state index in [1.165, 1.54) is 12.8 Å². The van der Waals surface area contributed by atoms with Gasteiger partial charge in [-0.2, -0.15) is 5.10 Å². The molecule has 1 aromatic rings. The Morgan fingerprint density at radius 3 is 2.83 bits per heavy atom. The molecule has 1 aliphatic carbocycles. The van der Waals surface area contributed by atoms with Crippen molar-refractivity contribution in [3.05, 3.63) is 23.0 Å². The molecule has 0 saturated heterocycles. The largest absolute Gasteiger partial charge is 0.308 e. The summed E-state index contributed by atoms with van der Waals surface area (Å²) in [6, 6.07) is 4.37. The molecule has 0 spiro atoms. The van der Waals surface area contributed by atoms with Crippen LogP contribution < -0.4 is 5.32 Å². The van der Waals surface area contributed by atoms with Gasteiger partial charge >= 0.3 is 0 Å². The van der Waals surface area contributed by atoms with Crippen molar-refractivity contribution < 1.29 is 0 Å². The fourth-order valence-corrected chi connectivity index (χ4v) is 1.08. The molecule has 1 fully saturated rings. The number of aromatic nitrogens is 2. The summed E-state index contributed by atoms with van der Waals surface area (Å²) >= 11 is 5.59. The van der Waals surface area contributed by atoms with Crippen LogP contribution in [0, 0.1) is 0 Å². The lowest BCUT2D eigenvalue weighted by Gasteiger charge is -1.99. The fraction of sp³-hybridized carbons (Fsp3) is 0.500. The quantitative estimate of drug-likeness (QED) is 0.770. The molecule has 1 aliphatic rings. The Morgan fingerprint density at radius 1 is 1.42 bits per heavy atom. The van der Waals surface area contributed by atoms with Crippen LogP contribution in [-0.2, 0) is 6.54 Å². The first kappa shape index (κ1) is 7.95. The summed E-state index contributed by atoms with van der Waals surface area (Å²) < 4.78 is 0. The highest BCUT2D eigenvalue weighted by Crippen LogP contribution is 2.18. The molecule has 12 heavy (non-hydrogen) atoms. The highest BCUT2D eigenvalue weighted by molar-refractivity contribution is 6.29. The Bertz CT molecular complexity index is 256. The average Bonchev–Trinajstić information content (AvgIpc) is 2.87. The maximum Gasteiger partial charge on any atom is 0.151 e. The van der Waals surface area contributed by atoms with E-state index in [4.69, 9.17) is 11.6 Å². The molecule has 0 atom stereocenters. The molecule has 0 bridgehead atoms. The maximum atomic E-state index is 5.59. The summed E-state index contributed by atoms with van der Waals surface area (Å²) in [5, 5.41) is 11.5. The zero-order valence-electron chi connectivity index (χ0n) is 6.63. The van der Waals surface area contributed by atoms with Gasteiger partial charge in [0.05, 0.1) is 5.69 Å². The molecular weight excluding hydrogens is 174 g/mol. The molecule has 64 valence electrons. The lowest BCUT2D eigenvalue weighted by Crippen LogP contribution is -2.16. The molecule has 1 saturated carbocycles. The Kier molecular flexibility index (Phi) is 2.23. The van der Waals surface area contributed by atoms with Crippen molar-refractivity contribution in [1.29, 1.82) is 0 Å². The van der Waals surface area contributed by atoms with Crippen LogP contribution in [0.5, 0.6) is 0 Å². The van der Waals surface area contributed by atoms with Gasteiger partial charge < -0.3 is 5.32 Å². The molecule has 0 aromatic carbocycles. The minimum Gasteiger partial charge on any atom is -0.308 e. The monoisotopic (exact) mass is 183 g/mol. The third-order valence-electron chi connectivity index (χ3n) is 1.84. The molecule has 1 aromatic heterocycles. The second-order valence-electron chi connectivity index (χ2n) is 3.00. The zero-order valence-corrected chi connectivity index (χ0v) is 7.38. The van der Waals surface area contributed by atoms with E-state index in [0.717, 1.165) is 12.2 Å². The van der Waals surface area contributed by atoms with Gasteiger partial charge in [-0.25, -0.2) is 0 Å². The van der Waals surface area contributed by atoms with Gasteiger partial charge in [0.2, 0.25) is 0 Å². The van der Waals surface area contributed by atoms with Crippen molar-refractivity contribution in [3.63, 3.8) is 0 Å². The van der Waals surface area contributed by atoms with Crippen molar-refractivity contribution in [2.24, 2.45) is 0 Å². The van der Waals surface area contributed by atoms with Crippen LogP contribution in [0.2, 0.25) is 5.15 Å². The van der Waals surface area contributed by atoms with Crippen LogP contribution >= 0.6 is 11.6 Å². The van der Waals surface area contributed by atoms with Gasteiger partial charge in [-0.3, -0.25) is 0 Å². The van der Waals surface area contributed by atoms with E-state index in [9.17, 15) is 0 Å². The molecule has 0 unspecified atom stereocenters. The van der Waals surface area contributed by atoms with Crippen LogP contribution in [0.1, 0.15) is 18.5 Å². The van der Waals surface area contributed by atoms with Crippen LogP contribution in [0.3, 0.4) is 0 Å². The first-order valence-electron chi connectivity index (χ1n) is 4.06. The number of hydrogen-bond donors (Lipinski definition) is 1. The number of nitrogens with one attached hydrogen (secondary N) is 1. The second-order valence-corrected chi connectivity index (χ2v) is 3.39. The smallest absolute Gasteiger partial charge is 0.151 e. The molecular formula is C8H10ClN3. The van der Waals surface area contributed by atoms with E-state index in [2.05, 4.69) is 15.5 Å². The second kappa shape index (κ2) is 3.37. The van der Waals surface area contributed by atoms with Gasteiger partial charge in [0.25, 0.3) is 0 Å². The Balaban J connectivity index is 1.89. The summed E-state index contributed by atoms with van der Waals surface area (Å²) in [6.45, 7) is 0.800. The molecule has 1 heterocycles. The van der Waals surface area contributed by atoms with E-state index >= 15 is 0 Å². The number of rotatable bonds is 3. The van der Waals surface area contributed by atoms with Gasteiger partial charge in [-0.05, 0) is 25.0 Å². The van der Waals surface area contributed by atoms with Crippen LogP contribution in [0.4, 0.5) is 0 Å². The molecule has 0 radical (unpaired) electrons. The van der Waals surface area contributed by atoms with E-state index in [0.29, 0.717) is 11.2 Å². The minimum atomic E-state index is 0.449. The van der Waals surface area contributed by atoms with E-state index in [-0.39, 0.29) is 0 Å². The zero-order chi connectivity index (χ0) is 8.39. The van der Waals surface area contributed by atoms with Gasteiger partial charge in [-0.15, -0.1) is 5.10 Å². The number of halogens is 1. The van der Waals surface area contributed by atoms with Gasteiger partial charge in [0, 0.05) is 12.6 Å². The molecule has 4 heteroatoms. The highest BCUT2D eigenvalue weighted by Gasteiger charge is 2.20. The van der Waals surface area contributed by atoms with E-state index in [1.807, 2.05) is 6.07 Å². The summed E-state index contributed by atoms with van der Waals surface area (Å²) in [5.41, 5.74) is 0.950. The lowest BCUT2D eigenvalue weighted by molar-refractivity contribution is 0.665.